The van der Waals surface area contributed by atoms with E-state index in [4.69, 9.17) is 9.47 Å². The first-order valence-electron chi connectivity index (χ1n) is 12.5. The van der Waals surface area contributed by atoms with E-state index in [1.807, 2.05) is 24.3 Å². The van der Waals surface area contributed by atoms with Crippen LogP contribution in [0.4, 0.5) is 10.7 Å². The highest BCUT2D eigenvalue weighted by Gasteiger charge is 2.25. The van der Waals surface area contributed by atoms with Crippen molar-refractivity contribution in [3.8, 4) is 11.6 Å². The van der Waals surface area contributed by atoms with Crippen molar-refractivity contribution in [1.29, 1.82) is 0 Å². The molecule has 1 aromatic heterocycles. The Bertz CT molecular complexity index is 1020. The Hall–Kier alpha value is -3.36. The molecule has 1 aliphatic carbocycles. The van der Waals surface area contributed by atoms with Crippen molar-refractivity contribution in [3.05, 3.63) is 41.6 Å². The third kappa shape index (κ3) is 6.83. The summed E-state index contributed by atoms with van der Waals surface area (Å²) in [7, 11) is 1.52. The molecule has 0 radical (unpaired) electrons. The molecule has 2 fully saturated rings. The van der Waals surface area contributed by atoms with E-state index in [-0.39, 0.29) is 17.9 Å². The van der Waals surface area contributed by atoms with Crippen LogP contribution in [0.1, 0.15) is 54.6 Å². The van der Waals surface area contributed by atoms with Gasteiger partial charge in [0, 0.05) is 43.5 Å². The van der Waals surface area contributed by atoms with Crippen molar-refractivity contribution < 1.29 is 19.1 Å². The second-order valence-electron chi connectivity index (χ2n) is 9.25. The molecular formula is C26H35N5O4. The number of carbonyl (C=O) groups excluding carboxylic acids is 2. The zero-order chi connectivity index (χ0) is 24.6. The van der Waals surface area contributed by atoms with Gasteiger partial charge in [-0.3, -0.25) is 10.1 Å². The van der Waals surface area contributed by atoms with Crippen LogP contribution in [0.25, 0.3) is 0 Å². The first-order chi connectivity index (χ1) is 17.0. The fourth-order valence-electron chi connectivity index (χ4n) is 4.71. The lowest BCUT2D eigenvalue weighted by molar-refractivity contribution is 0.0671. The third-order valence-corrected chi connectivity index (χ3v) is 6.71. The molecule has 2 aliphatic rings. The van der Waals surface area contributed by atoms with Gasteiger partial charge in [0.05, 0.1) is 13.7 Å². The van der Waals surface area contributed by atoms with Gasteiger partial charge in [-0.1, -0.05) is 38.2 Å². The van der Waals surface area contributed by atoms with Gasteiger partial charge >= 0.3 is 6.03 Å². The number of piperazine rings is 1. The second-order valence-corrected chi connectivity index (χ2v) is 9.25. The van der Waals surface area contributed by atoms with Crippen LogP contribution < -0.4 is 14.8 Å². The molecule has 3 amide bonds. The lowest BCUT2D eigenvalue weighted by Gasteiger charge is -2.34. The summed E-state index contributed by atoms with van der Waals surface area (Å²) < 4.78 is 11.1. The number of nitrogens with zero attached hydrogens (tertiary/aromatic N) is 4. The zero-order valence-electron chi connectivity index (χ0n) is 20.7. The summed E-state index contributed by atoms with van der Waals surface area (Å²) >= 11 is 0. The van der Waals surface area contributed by atoms with Gasteiger partial charge in [0.2, 0.25) is 11.8 Å². The summed E-state index contributed by atoms with van der Waals surface area (Å²) in [6.45, 7) is 4.26. The summed E-state index contributed by atoms with van der Waals surface area (Å²) in [5.41, 5.74) is 1.31. The minimum Gasteiger partial charge on any atom is -0.494 e. The molecule has 2 heterocycles. The molecule has 4 rings (SSSR count). The average Bonchev–Trinajstić information content (AvgIpc) is 2.89. The van der Waals surface area contributed by atoms with Gasteiger partial charge in [0.1, 0.15) is 5.75 Å². The van der Waals surface area contributed by atoms with E-state index in [2.05, 4.69) is 15.3 Å². The summed E-state index contributed by atoms with van der Waals surface area (Å²) in [4.78, 5) is 37.5. The molecule has 9 nitrogen and oxygen atoms in total. The largest absolute Gasteiger partial charge is 0.494 e. The molecule has 0 bridgehead atoms. The number of urea groups is 1. The van der Waals surface area contributed by atoms with Crippen molar-refractivity contribution in [2.75, 3.05) is 45.2 Å². The molecule has 1 saturated heterocycles. The van der Waals surface area contributed by atoms with Gasteiger partial charge in [-0.15, -0.1) is 0 Å². The van der Waals surface area contributed by atoms with E-state index in [1.165, 1.54) is 39.2 Å². The van der Waals surface area contributed by atoms with Crippen LogP contribution >= 0.6 is 0 Å². The Labute approximate surface area is 206 Å². The smallest absolute Gasteiger partial charge is 0.324 e. The summed E-state index contributed by atoms with van der Waals surface area (Å²) in [5.74, 6) is 2.04. The first-order valence-corrected chi connectivity index (χ1v) is 12.5. The van der Waals surface area contributed by atoms with Gasteiger partial charge in [-0.25, -0.2) is 9.78 Å². The molecule has 35 heavy (non-hydrogen) atoms. The number of benzene rings is 1. The maximum absolute atomic E-state index is 13.1. The fourth-order valence-corrected chi connectivity index (χ4v) is 4.71. The highest BCUT2D eigenvalue weighted by Crippen LogP contribution is 2.26. The van der Waals surface area contributed by atoms with Gasteiger partial charge in [-0.2, -0.15) is 4.98 Å². The molecule has 1 aliphatic heterocycles. The molecule has 0 atom stereocenters. The van der Waals surface area contributed by atoms with Crippen molar-refractivity contribution in [3.63, 3.8) is 0 Å². The van der Waals surface area contributed by atoms with Crippen molar-refractivity contribution in [2.45, 2.75) is 45.4 Å². The van der Waals surface area contributed by atoms with Gasteiger partial charge < -0.3 is 19.3 Å². The van der Waals surface area contributed by atoms with Gasteiger partial charge in [-0.05, 0) is 37.5 Å². The van der Waals surface area contributed by atoms with Crippen LogP contribution in [0, 0.1) is 12.8 Å². The van der Waals surface area contributed by atoms with Crippen LogP contribution in [0.15, 0.2) is 30.3 Å². The Kier molecular flexibility index (Phi) is 8.39. The molecule has 0 spiro atoms. The summed E-state index contributed by atoms with van der Waals surface area (Å²) in [5, 5.41) is 2.72. The maximum Gasteiger partial charge on any atom is 0.324 e. The predicted octanol–water partition coefficient (Wildman–Crippen LogP) is 4.13. The van der Waals surface area contributed by atoms with E-state index in [1.54, 1.807) is 22.8 Å². The van der Waals surface area contributed by atoms with Crippen molar-refractivity contribution in [1.82, 2.24) is 19.8 Å². The average molecular weight is 482 g/mol. The van der Waals surface area contributed by atoms with E-state index in [0.717, 1.165) is 18.1 Å². The number of amides is 3. The number of hydrogen-bond donors (Lipinski definition) is 1. The molecule has 2 aromatic rings. The number of methoxy groups -OCH3 is 1. The lowest BCUT2D eigenvalue weighted by Crippen LogP contribution is -2.51. The van der Waals surface area contributed by atoms with Gasteiger partial charge in [0.15, 0.2) is 0 Å². The second kappa shape index (κ2) is 11.9. The molecule has 1 aromatic carbocycles. The fraction of sp³-hybridized carbons (Fsp3) is 0.538. The Morgan fingerprint density at radius 3 is 2.51 bits per heavy atom. The van der Waals surface area contributed by atoms with Crippen LogP contribution in [0.2, 0.25) is 0 Å². The Morgan fingerprint density at radius 2 is 1.77 bits per heavy atom. The number of anilines is 1. The van der Waals surface area contributed by atoms with E-state index in [0.29, 0.717) is 49.9 Å². The first kappa shape index (κ1) is 24.8. The molecule has 1 saturated carbocycles. The minimum absolute atomic E-state index is 0.0467. The number of ether oxygens (including phenoxy) is 2. The van der Waals surface area contributed by atoms with Crippen LogP contribution in [0.5, 0.6) is 11.6 Å². The highest BCUT2D eigenvalue weighted by molar-refractivity contribution is 5.95. The summed E-state index contributed by atoms with van der Waals surface area (Å²) in [6, 6.07) is 8.81. The Balaban J connectivity index is 1.26. The lowest BCUT2D eigenvalue weighted by atomic mass is 9.87. The topological polar surface area (TPSA) is 96.9 Å². The highest BCUT2D eigenvalue weighted by atomic mass is 16.5. The maximum atomic E-state index is 13.1. The van der Waals surface area contributed by atoms with Crippen LogP contribution in [0.3, 0.4) is 0 Å². The molecular weight excluding hydrogens is 446 g/mol. The number of hydrogen-bond acceptors (Lipinski definition) is 6. The third-order valence-electron chi connectivity index (χ3n) is 6.71. The number of rotatable bonds is 7. The van der Waals surface area contributed by atoms with E-state index < -0.39 is 0 Å². The number of nitrogens with one attached hydrogen (secondary N) is 1. The normalized spacial score (nSPS) is 16.6. The van der Waals surface area contributed by atoms with Gasteiger partial charge in [0.25, 0.3) is 5.91 Å². The zero-order valence-corrected chi connectivity index (χ0v) is 20.7. The monoisotopic (exact) mass is 481 g/mol. The Morgan fingerprint density at radius 1 is 1.03 bits per heavy atom. The summed E-state index contributed by atoms with van der Waals surface area (Å²) in [6.07, 6.45) is 7.70. The van der Waals surface area contributed by atoms with Crippen LogP contribution in [-0.4, -0.2) is 71.6 Å². The number of aryl methyl sites for hydroxylation is 1. The predicted molar refractivity (Wildman–Crippen MR) is 133 cm³/mol. The van der Waals surface area contributed by atoms with E-state index in [9.17, 15) is 9.59 Å². The molecule has 9 heteroatoms. The standard InChI is InChI=1S/C26H35N5O4/c1-19-17-23(34-2)28-25(27-19)29-26(33)31-14-12-30(13-15-31)24(32)21-9-6-10-22(18-21)35-16-11-20-7-4-3-5-8-20/h6,9-10,17-18,20H,3-5,7-8,11-16H2,1-2H3,(H,27,28,29,33). The SMILES string of the molecule is COc1cc(C)nc(NC(=O)N2CCN(C(=O)c3cccc(OCCC4CCCCC4)c3)CC2)n1. The number of aromatic nitrogens is 2. The molecule has 0 unspecified atom stereocenters. The van der Waals surface area contributed by atoms with Crippen molar-refractivity contribution in [2.24, 2.45) is 5.92 Å². The minimum atomic E-state index is -0.293. The molecule has 1 N–H and O–H groups in total. The quantitative estimate of drug-likeness (QED) is 0.639. The van der Waals surface area contributed by atoms with E-state index >= 15 is 0 Å². The van der Waals surface area contributed by atoms with Crippen molar-refractivity contribution >= 4 is 17.9 Å². The number of carbonyl (C=O) groups is 2. The molecule has 188 valence electrons. The van der Waals surface area contributed by atoms with Crippen LogP contribution in [-0.2, 0) is 0 Å².